The Balaban J connectivity index is 2.38. The summed E-state index contributed by atoms with van der Waals surface area (Å²) in [6, 6.07) is 2.10. The van der Waals surface area contributed by atoms with E-state index in [2.05, 4.69) is 30.3 Å². The lowest BCUT2D eigenvalue weighted by Crippen LogP contribution is -2.19. The minimum atomic E-state index is -0.940. The van der Waals surface area contributed by atoms with Crippen molar-refractivity contribution >= 4 is 17.3 Å². The van der Waals surface area contributed by atoms with Crippen molar-refractivity contribution in [2.24, 2.45) is 0 Å². The maximum absolute atomic E-state index is 10.5. The second-order valence-corrected chi connectivity index (χ2v) is 4.24. The fourth-order valence-corrected chi connectivity index (χ4v) is 2.19. The summed E-state index contributed by atoms with van der Waals surface area (Å²) in [5.74, 6) is -0.940. The van der Waals surface area contributed by atoms with Gasteiger partial charge < -0.3 is 10.4 Å². The SMILES string of the molecule is C=C(CNCc1sccc1CC)C(=O)O. The van der Waals surface area contributed by atoms with Gasteiger partial charge in [0.1, 0.15) is 0 Å². The van der Waals surface area contributed by atoms with Crippen molar-refractivity contribution in [1.82, 2.24) is 5.32 Å². The van der Waals surface area contributed by atoms with E-state index < -0.39 is 5.97 Å². The van der Waals surface area contributed by atoms with E-state index in [0.29, 0.717) is 13.1 Å². The van der Waals surface area contributed by atoms with E-state index in [4.69, 9.17) is 5.11 Å². The highest BCUT2D eigenvalue weighted by Crippen LogP contribution is 2.16. The summed E-state index contributed by atoms with van der Waals surface area (Å²) in [6.07, 6.45) is 1.01. The average Bonchev–Trinajstić information content (AvgIpc) is 2.65. The van der Waals surface area contributed by atoms with Crippen LogP contribution in [0.1, 0.15) is 17.4 Å². The molecule has 2 N–H and O–H groups in total. The van der Waals surface area contributed by atoms with Crippen molar-refractivity contribution in [2.75, 3.05) is 6.54 Å². The molecule has 0 amide bonds. The van der Waals surface area contributed by atoms with Crippen LogP contribution in [0.3, 0.4) is 0 Å². The first kappa shape index (κ1) is 11.9. The van der Waals surface area contributed by atoms with Gasteiger partial charge in [0.05, 0.1) is 0 Å². The number of hydrogen-bond acceptors (Lipinski definition) is 3. The molecule has 0 atom stereocenters. The fourth-order valence-electron chi connectivity index (χ4n) is 1.24. The third-order valence-corrected chi connectivity index (χ3v) is 3.11. The van der Waals surface area contributed by atoms with E-state index in [0.717, 1.165) is 6.42 Å². The van der Waals surface area contributed by atoms with Gasteiger partial charge in [-0.3, -0.25) is 0 Å². The molecule has 0 unspecified atom stereocenters. The lowest BCUT2D eigenvalue weighted by atomic mass is 10.2. The van der Waals surface area contributed by atoms with Gasteiger partial charge in [0, 0.05) is 23.5 Å². The summed E-state index contributed by atoms with van der Waals surface area (Å²) >= 11 is 1.69. The highest BCUT2D eigenvalue weighted by molar-refractivity contribution is 7.10. The van der Waals surface area contributed by atoms with Crippen LogP contribution in [0.4, 0.5) is 0 Å². The summed E-state index contributed by atoms with van der Waals surface area (Å²) in [5, 5.41) is 13.7. The van der Waals surface area contributed by atoms with Gasteiger partial charge in [-0.25, -0.2) is 4.79 Å². The summed E-state index contributed by atoms with van der Waals surface area (Å²) in [4.78, 5) is 11.8. The predicted octanol–water partition coefficient (Wildman–Crippen LogP) is 2.04. The molecule has 0 aliphatic carbocycles. The van der Waals surface area contributed by atoms with Crippen LogP contribution in [0, 0.1) is 0 Å². The number of thiophene rings is 1. The Morgan fingerprint density at radius 2 is 2.40 bits per heavy atom. The summed E-state index contributed by atoms with van der Waals surface area (Å²) < 4.78 is 0. The second-order valence-electron chi connectivity index (χ2n) is 3.23. The zero-order valence-corrected chi connectivity index (χ0v) is 9.56. The van der Waals surface area contributed by atoms with Gasteiger partial charge >= 0.3 is 5.97 Å². The van der Waals surface area contributed by atoms with Crippen LogP contribution in [0.2, 0.25) is 0 Å². The maximum atomic E-state index is 10.5. The molecular weight excluding hydrogens is 210 g/mol. The monoisotopic (exact) mass is 225 g/mol. The topological polar surface area (TPSA) is 49.3 Å². The van der Waals surface area contributed by atoms with Gasteiger partial charge in [0.15, 0.2) is 0 Å². The molecule has 15 heavy (non-hydrogen) atoms. The van der Waals surface area contributed by atoms with E-state index in [1.807, 2.05) is 0 Å². The first-order valence-electron chi connectivity index (χ1n) is 4.82. The van der Waals surface area contributed by atoms with Gasteiger partial charge in [-0.15, -0.1) is 11.3 Å². The molecule has 0 fully saturated rings. The molecule has 82 valence electrons. The average molecular weight is 225 g/mol. The van der Waals surface area contributed by atoms with Crippen LogP contribution in [-0.2, 0) is 17.8 Å². The standard InChI is InChI=1S/C11H15NO2S/c1-3-9-4-5-15-10(9)7-12-6-8(2)11(13)14/h4-5,12H,2-3,6-7H2,1H3,(H,13,14). The van der Waals surface area contributed by atoms with Crippen molar-refractivity contribution in [3.8, 4) is 0 Å². The van der Waals surface area contributed by atoms with Crippen molar-refractivity contribution in [3.63, 3.8) is 0 Å². The van der Waals surface area contributed by atoms with E-state index in [1.165, 1.54) is 10.4 Å². The minimum absolute atomic E-state index is 0.199. The molecule has 3 nitrogen and oxygen atoms in total. The number of hydrogen-bond donors (Lipinski definition) is 2. The Hall–Kier alpha value is -1.13. The Morgan fingerprint density at radius 1 is 1.67 bits per heavy atom. The zero-order valence-electron chi connectivity index (χ0n) is 8.75. The van der Waals surface area contributed by atoms with Crippen LogP contribution in [0.15, 0.2) is 23.6 Å². The highest BCUT2D eigenvalue weighted by Gasteiger charge is 2.05. The molecule has 1 rings (SSSR count). The molecule has 1 heterocycles. The van der Waals surface area contributed by atoms with E-state index in [-0.39, 0.29) is 5.57 Å². The zero-order chi connectivity index (χ0) is 11.3. The molecule has 0 aliphatic rings. The van der Waals surface area contributed by atoms with Gasteiger partial charge in [-0.2, -0.15) is 0 Å². The number of carboxylic acid groups (broad SMARTS) is 1. The van der Waals surface area contributed by atoms with Crippen molar-refractivity contribution in [2.45, 2.75) is 19.9 Å². The lowest BCUT2D eigenvalue weighted by molar-refractivity contribution is -0.132. The highest BCUT2D eigenvalue weighted by atomic mass is 32.1. The molecule has 4 heteroatoms. The molecule has 0 bridgehead atoms. The Labute approximate surface area is 93.4 Å². The normalized spacial score (nSPS) is 10.2. The third kappa shape index (κ3) is 3.49. The van der Waals surface area contributed by atoms with Gasteiger partial charge in [-0.05, 0) is 23.4 Å². The largest absolute Gasteiger partial charge is 0.478 e. The Morgan fingerprint density at radius 3 is 3.00 bits per heavy atom. The molecule has 1 aromatic heterocycles. The predicted molar refractivity (Wildman–Crippen MR) is 62.2 cm³/mol. The number of aliphatic carboxylic acids is 1. The minimum Gasteiger partial charge on any atom is -0.478 e. The van der Waals surface area contributed by atoms with E-state index in [1.54, 1.807) is 11.3 Å². The number of carboxylic acids is 1. The van der Waals surface area contributed by atoms with Crippen LogP contribution < -0.4 is 5.32 Å². The summed E-state index contributed by atoms with van der Waals surface area (Å²) in [7, 11) is 0. The molecule has 0 radical (unpaired) electrons. The molecule has 0 spiro atoms. The Bertz CT molecular complexity index is 357. The lowest BCUT2D eigenvalue weighted by Gasteiger charge is -2.04. The molecule has 0 saturated heterocycles. The van der Waals surface area contributed by atoms with Gasteiger partial charge in [0.2, 0.25) is 0 Å². The number of nitrogens with one attached hydrogen (secondary N) is 1. The third-order valence-electron chi connectivity index (χ3n) is 2.14. The van der Waals surface area contributed by atoms with Gasteiger partial charge in [0.25, 0.3) is 0 Å². The first-order valence-corrected chi connectivity index (χ1v) is 5.70. The summed E-state index contributed by atoms with van der Waals surface area (Å²) in [5.41, 5.74) is 1.53. The van der Waals surface area contributed by atoms with Crippen LogP contribution in [0.5, 0.6) is 0 Å². The second kappa shape index (κ2) is 5.68. The molecule has 0 aromatic carbocycles. The Kier molecular flexibility index (Phi) is 4.52. The van der Waals surface area contributed by atoms with Crippen molar-refractivity contribution < 1.29 is 9.90 Å². The van der Waals surface area contributed by atoms with Crippen LogP contribution >= 0.6 is 11.3 Å². The van der Waals surface area contributed by atoms with Crippen molar-refractivity contribution in [1.29, 1.82) is 0 Å². The fraction of sp³-hybridized carbons (Fsp3) is 0.364. The molecule has 1 aromatic rings. The van der Waals surface area contributed by atoms with Crippen molar-refractivity contribution in [3.05, 3.63) is 34.0 Å². The van der Waals surface area contributed by atoms with Crippen LogP contribution in [-0.4, -0.2) is 17.6 Å². The smallest absolute Gasteiger partial charge is 0.332 e. The first-order chi connectivity index (χ1) is 7.15. The van der Waals surface area contributed by atoms with Crippen LogP contribution in [0.25, 0.3) is 0 Å². The summed E-state index contributed by atoms with van der Waals surface area (Å²) in [6.45, 7) is 6.61. The molecule has 0 saturated carbocycles. The van der Waals surface area contributed by atoms with E-state index >= 15 is 0 Å². The van der Waals surface area contributed by atoms with Gasteiger partial charge in [-0.1, -0.05) is 13.5 Å². The number of rotatable bonds is 6. The molecular formula is C11H15NO2S. The number of carbonyl (C=O) groups is 1. The molecule has 0 aliphatic heterocycles. The maximum Gasteiger partial charge on any atom is 0.332 e. The quantitative estimate of drug-likeness (QED) is 0.728. The van der Waals surface area contributed by atoms with E-state index in [9.17, 15) is 4.79 Å². The number of aryl methyl sites for hydroxylation is 1.